The first-order valence-corrected chi connectivity index (χ1v) is 9.91. The van der Waals surface area contributed by atoms with Crippen molar-refractivity contribution in [1.82, 2.24) is 0 Å². The van der Waals surface area contributed by atoms with Crippen LogP contribution in [-0.2, 0) is 0 Å². The fourth-order valence-electron chi connectivity index (χ4n) is 2.67. The fraction of sp³-hybridized carbons (Fsp3) is 0.500. The number of benzene rings is 1. The molecule has 2 nitrogen and oxygen atoms in total. The molecule has 0 spiro atoms. The first-order valence-electron chi connectivity index (χ1n) is 9.53. The number of rotatable bonds is 15. The SMILES string of the molecule is C=CCCCCCCCCC=CCCCNc1ccc(C(=O)Cl)cc1. The molecule has 0 aliphatic heterocycles. The highest BCUT2D eigenvalue weighted by atomic mass is 35.5. The zero-order chi connectivity index (χ0) is 18.2. The molecule has 0 unspecified atom stereocenters. The van der Waals surface area contributed by atoms with E-state index in [0.717, 1.165) is 31.5 Å². The second kappa shape index (κ2) is 14.8. The van der Waals surface area contributed by atoms with E-state index in [0.29, 0.717) is 5.56 Å². The Kier molecular flexibility index (Phi) is 12.7. The minimum Gasteiger partial charge on any atom is -0.385 e. The maximum atomic E-state index is 11.0. The molecule has 1 rings (SSSR count). The molecule has 0 heterocycles. The van der Waals surface area contributed by atoms with Gasteiger partial charge in [-0.1, -0.05) is 43.9 Å². The molecule has 1 N–H and O–H groups in total. The Hall–Kier alpha value is -1.54. The summed E-state index contributed by atoms with van der Waals surface area (Å²) in [6.45, 7) is 4.69. The number of anilines is 1. The summed E-state index contributed by atoms with van der Waals surface area (Å²) in [6, 6.07) is 7.28. The lowest BCUT2D eigenvalue weighted by Gasteiger charge is -2.05. The Morgan fingerprint density at radius 2 is 1.44 bits per heavy atom. The Morgan fingerprint density at radius 3 is 2.04 bits per heavy atom. The van der Waals surface area contributed by atoms with Crippen molar-refractivity contribution in [1.29, 1.82) is 0 Å². The van der Waals surface area contributed by atoms with Gasteiger partial charge in [-0.05, 0) is 74.4 Å². The van der Waals surface area contributed by atoms with E-state index in [1.807, 2.05) is 18.2 Å². The van der Waals surface area contributed by atoms with Crippen LogP contribution in [0.25, 0.3) is 0 Å². The zero-order valence-electron chi connectivity index (χ0n) is 15.3. The molecule has 0 saturated heterocycles. The van der Waals surface area contributed by atoms with Crippen LogP contribution in [0.2, 0.25) is 0 Å². The first-order chi connectivity index (χ1) is 12.2. The van der Waals surface area contributed by atoms with E-state index in [1.54, 1.807) is 12.1 Å². The first kappa shape index (κ1) is 21.5. The predicted octanol–water partition coefficient (Wildman–Crippen LogP) is 7.12. The Balaban J connectivity index is 1.93. The van der Waals surface area contributed by atoms with E-state index >= 15 is 0 Å². The van der Waals surface area contributed by atoms with Gasteiger partial charge in [0.05, 0.1) is 0 Å². The van der Waals surface area contributed by atoms with Crippen LogP contribution in [0.1, 0.15) is 74.6 Å². The summed E-state index contributed by atoms with van der Waals surface area (Å²) >= 11 is 5.43. The Morgan fingerprint density at radius 1 is 0.880 bits per heavy atom. The zero-order valence-corrected chi connectivity index (χ0v) is 16.1. The summed E-state index contributed by atoms with van der Waals surface area (Å²) in [7, 11) is 0. The average Bonchev–Trinajstić information content (AvgIpc) is 2.62. The maximum absolute atomic E-state index is 11.0. The van der Waals surface area contributed by atoms with Crippen molar-refractivity contribution in [3.05, 3.63) is 54.6 Å². The summed E-state index contributed by atoms with van der Waals surface area (Å²) < 4.78 is 0. The average molecular weight is 362 g/mol. The largest absolute Gasteiger partial charge is 0.385 e. The third kappa shape index (κ3) is 11.6. The number of carbonyl (C=O) groups is 1. The number of halogens is 1. The molecule has 0 radical (unpaired) electrons. The third-order valence-electron chi connectivity index (χ3n) is 4.18. The lowest BCUT2D eigenvalue weighted by atomic mass is 10.1. The molecule has 1 aromatic rings. The molecule has 25 heavy (non-hydrogen) atoms. The van der Waals surface area contributed by atoms with Crippen LogP contribution in [0.15, 0.2) is 49.1 Å². The Bertz CT molecular complexity index is 507. The Labute approximate surface area is 158 Å². The number of nitrogens with one attached hydrogen (secondary N) is 1. The van der Waals surface area contributed by atoms with Crippen LogP contribution in [0.4, 0.5) is 5.69 Å². The van der Waals surface area contributed by atoms with E-state index in [1.165, 1.54) is 44.9 Å². The fourth-order valence-corrected chi connectivity index (χ4v) is 2.79. The highest BCUT2D eigenvalue weighted by molar-refractivity contribution is 6.67. The van der Waals surface area contributed by atoms with Crippen molar-refractivity contribution >= 4 is 22.5 Å². The van der Waals surface area contributed by atoms with Gasteiger partial charge in [0.2, 0.25) is 0 Å². The molecule has 0 aromatic heterocycles. The second-order valence-corrected chi connectivity index (χ2v) is 6.72. The van der Waals surface area contributed by atoms with E-state index in [4.69, 9.17) is 11.6 Å². The van der Waals surface area contributed by atoms with Crippen molar-refractivity contribution < 1.29 is 4.79 Å². The van der Waals surface area contributed by atoms with Gasteiger partial charge in [-0.3, -0.25) is 4.79 Å². The van der Waals surface area contributed by atoms with Gasteiger partial charge in [0.15, 0.2) is 0 Å². The van der Waals surface area contributed by atoms with Crippen LogP contribution < -0.4 is 5.32 Å². The monoisotopic (exact) mass is 361 g/mol. The summed E-state index contributed by atoms with van der Waals surface area (Å²) in [4.78, 5) is 11.0. The number of unbranched alkanes of at least 4 members (excludes halogenated alkanes) is 8. The molecular formula is C22H32ClNO. The molecule has 0 amide bonds. The lowest BCUT2D eigenvalue weighted by Crippen LogP contribution is -2.01. The van der Waals surface area contributed by atoms with Crippen LogP contribution in [-0.4, -0.2) is 11.8 Å². The summed E-state index contributed by atoms with van der Waals surface area (Å²) in [5.41, 5.74) is 1.56. The van der Waals surface area contributed by atoms with Gasteiger partial charge in [-0.25, -0.2) is 0 Å². The molecule has 0 fully saturated rings. The van der Waals surface area contributed by atoms with Gasteiger partial charge in [0.25, 0.3) is 5.24 Å². The van der Waals surface area contributed by atoms with Gasteiger partial charge in [-0.2, -0.15) is 0 Å². The lowest BCUT2D eigenvalue weighted by molar-refractivity contribution is 0.108. The van der Waals surface area contributed by atoms with Crippen LogP contribution >= 0.6 is 11.6 Å². The van der Waals surface area contributed by atoms with Crippen molar-refractivity contribution in [2.24, 2.45) is 0 Å². The van der Waals surface area contributed by atoms with E-state index < -0.39 is 5.24 Å². The molecule has 0 atom stereocenters. The number of hydrogen-bond acceptors (Lipinski definition) is 2. The molecule has 138 valence electrons. The van der Waals surface area contributed by atoms with Gasteiger partial charge < -0.3 is 5.32 Å². The molecule has 0 aliphatic rings. The van der Waals surface area contributed by atoms with Crippen molar-refractivity contribution in [3.8, 4) is 0 Å². The minimum atomic E-state index is -0.413. The molecule has 0 aliphatic carbocycles. The highest BCUT2D eigenvalue weighted by Crippen LogP contribution is 2.12. The highest BCUT2D eigenvalue weighted by Gasteiger charge is 2.00. The number of carbonyl (C=O) groups excluding carboxylic acids is 1. The minimum absolute atomic E-state index is 0.413. The van der Waals surface area contributed by atoms with Crippen LogP contribution in [0.5, 0.6) is 0 Å². The predicted molar refractivity (Wildman–Crippen MR) is 111 cm³/mol. The third-order valence-corrected chi connectivity index (χ3v) is 4.40. The van der Waals surface area contributed by atoms with Gasteiger partial charge in [0.1, 0.15) is 0 Å². The standard InChI is InChI=1S/C22H32ClNO/c1-2-3-4-5-6-7-8-9-10-11-12-13-14-19-24-21-17-15-20(16-18-21)22(23)25/h2,11-12,15-18,24H,1,3-10,13-14,19H2. The molecular weight excluding hydrogens is 330 g/mol. The normalized spacial score (nSPS) is 10.9. The quantitative estimate of drug-likeness (QED) is 0.204. The number of hydrogen-bond donors (Lipinski definition) is 1. The van der Waals surface area contributed by atoms with Crippen molar-refractivity contribution in [3.63, 3.8) is 0 Å². The molecule has 0 saturated carbocycles. The summed E-state index contributed by atoms with van der Waals surface area (Å²) in [5, 5.41) is 2.94. The van der Waals surface area contributed by atoms with Gasteiger partial charge in [0, 0.05) is 17.8 Å². The van der Waals surface area contributed by atoms with Crippen LogP contribution in [0.3, 0.4) is 0 Å². The van der Waals surface area contributed by atoms with E-state index in [-0.39, 0.29) is 0 Å². The topological polar surface area (TPSA) is 29.1 Å². The van der Waals surface area contributed by atoms with E-state index in [2.05, 4.69) is 24.0 Å². The molecule has 3 heteroatoms. The maximum Gasteiger partial charge on any atom is 0.252 e. The van der Waals surface area contributed by atoms with Gasteiger partial charge in [-0.15, -0.1) is 6.58 Å². The number of allylic oxidation sites excluding steroid dienone is 3. The van der Waals surface area contributed by atoms with E-state index in [9.17, 15) is 4.79 Å². The molecule has 1 aromatic carbocycles. The van der Waals surface area contributed by atoms with Gasteiger partial charge >= 0.3 is 0 Å². The second-order valence-electron chi connectivity index (χ2n) is 6.38. The smallest absolute Gasteiger partial charge is 0.252 e. The summed E-state index contributed by atoms with van der Waals surface area (Å²) in [5.74, 6) is 0. The summed E-state index contributed by atoms with van der Waals surface area (Å²) in [6.07, 6.45) is 19.2. The molecule has 0 bridgehead atoms. The van der Waals surface area contributed by atoms with Crippen molar-refractivity contribution in [2.75, 3.05) is 11.9 Å². The van der Waals surface area contributed by atoms with Crippen molar-refractivity contribution in [2.45, 2.75) is 64.2 Å². The van der Waals surface area contributed by atoms with Crippen LogP contribution in [0, 0.1) is 0 Å².